The fourth-order valence-corrected chi connectivity index (χ4v) is 5.02. The lowest BCUT2D eigenvalue weighted by Crippen LogP contribution is -2.48. The fraction of sp³-hybridized carbons (Fsp3) is 0.300. The molecule has 0 N–H and O–H groups in total. The number of aromatic nitrogens is 1. The molecule has 0 amide bonds. The molecule has 0 saturated carbocycles. The monoisotopic (exact) mass is 449 g/mol. The second-order valence-electron chi connectivity index (χ2n) is 7.00. The standard InChI is InChI=1S/C20H20FN3O6S/c1-29-19(25)13-24-17-7-6-14(12-18(17)30-20(24)26)31(27,28)23-10-8-22(9-11-23)16-5-3-2-4-15(16)21/h2-7,12H,8-11,13H2,1H3. The summed E-state index contributed by atoms with van der Waals surface area (Å²) in [6.45, 7) is 0.705. The van der Waals surface area contributed by atoms with Crippen LogP contribution in [0.2, 0.25) is 0 Å². The molecule has 2 aromatic carbocycles. The number of hydrogen-bond acceptors (Lipinski definition) is 7. The predicted molar refractivity (Wildman–Crippen MR) is 110 cm³/mol. The summed E-state index contributed by atoms with van der Waals surface area (Å²) in [5, 5.41) is 0. The summed E-state index contributed by atoms with van der Waals surface area (Å²) in [6.07, 6.45) is 0. The second-order valence-corrected chi connectivity index (χ2v) is 8.94. The number of piperazine rings is 1. The molecule has 0 atom stereocenters. The van der Waals surface area contributed by atoms with Crippen LogP contribution in [0, 0.1) is 5.82 Å². The molecule has 164 valence electrons. The normalized spacial score (nSPS) is 15.4. The quantitative estimate of drug-likeness (QED) is 0.543. The Kier molecular flexibility index (Phi) is 5.54. The number of hydrogen-bond donors (Lipinski definition) is 0. The number of fused-ring (bicyclic) bond motifs is 1. The van der Waals surface area contributed by atoms with Gasteiger partial charge in [0.15, 0.2) is 5.58 Å². The van der Waals surface area contributed by atoms with Crippen molar-refractivity contribution in [3.05, 3.63) is 58.8 Å². The summed E-state index contributed by atoms with van der Waals surface area (Å²) in [5.41, 5.74) is 0.786. The van der Waals surface area contributed by atoms with Crippen molar-refractivity contribution in [2.75, 3.05) is 38.2 Å². The number of carbonyl (C=O) groups excluding carboxylic acids is 1. The number of carbonyl (C=O) groups is 1. The van der Waals surface area contributed by atoms with Crippen LogP contribution in [0.25, 0.3) is 11.1 Å². The van der Waals surface area contributed by atoms with Crippen molar-refractivity contribution in [3.8, 4) is 0 Å². The molecular weight excluding hydrogens is 429 g/mol. The summed E-state index contributed by atoms with van der Waals surface area (Å²) in [7, 11) is -2.65. The van der Waals surface area contributed by atoms with Crippen molar-refractivity contribution in [1.82, 2.24) is 8.87 Å². The van der Waals surface area contributed by atoms with Crippen LogP contribution in [0.4, 0.5) is 10.1 Å². The molecule has 0 aliphatic carbocycles. The van der Waals surface area contributed by atoms with E-state index in [1.54, 1.807) is 23.1 Å². The van der Waals surface area contributed by atoms with E-state index in [1.165, 1.54) is 35.7 Å². The number of benzene rings is 2. The first-order valence-corrected chi connectivity index (χ1v) is 10.9. The number of sulfonamides is 1. The van der Waals surface area contributed by atoms with E-state index in [4.69, 9.17) is 4.42 Å². The average Bonchev–Trinajstić information content (AvgIpc) is 3.08. The van der Waals surface area contributed by atoms with Crippen LogP contribution in [0.5, 0.6) is 0 Å². The van der Waals surface area contributed by atoms with Crippen LogP contribution in [0.15, 0.2) is 56.6 Å². The minimum Gasteiger partial charge on any atom is -0.468 e. The van der Waals surface area contributed by atoms with Gasteiger partial charge in [-0.3, -0.25) is 9.36 Å². The Bertz CT molecular complexity index is 1290. The van der Waals surface area contributed by atoms with Crippen LogP contribution < -0.4 is 10.7 Å². The highest BCUT2D eigenvalue weighted by atomic mass is 32.2. The minimum atomic E-state index is -3.85. The highest BCUT2D eigenvalue weighted by Crippen LogP contribution is 2.25. The zero-order valence-corrected chi connectivity index (χ0v) is 17.5. The van der Waals surface area contributed by atoms with E-state index in [0.717, 1.165) is 4.57 Å². The maximum absolute atomic E-state index is 14.0. The number of oxazole rings is 1. The molecule has 2 heterocycles. The van der Waals surface area contributed by atoms with Gasteiger partial charge in [0.25, 0.3) is 0 Å². The summed E-state index contributed by atoms with van der Waals surface area (Å²) in [4.78, 5) is 25.3. The predicted octanol–water partition coefficient (Wildman–Crippen LogP) is 1.42. The van der Waals surface area contributed by atoms with Crippen LogP contribution in [0.3, 0.4) is 0 Å². The SMILES string of the molecule is COC(=O)Cn1c(=O)oc2cc(S(=O)(=O)N3CCN(c4ccccc4F)CC3)ccc21. The molecule has 1 saturated heterocycles. The molecule has 0 unspecified atom stereocenters. The third kappa shape index (κ3) is 3.93. The van der Waals surface area contributed by atoms with E-state index in [0.29, 0.717) is 24.3 Å². The Morgan fingerprint density at radius 3 is 2.52 bits per heavy atom. The van der Waals surface area contributed by atoms with Gasteiger partial charge in [-0.2, -0.15) is 4.31 Å². The fourth-order valence-electron chi connectivity index (χ4n) is 3.58. The number of nitrogens with zero attached hydrogens (tertiary/aromatic N) is 3. The zero-order chi connectivity index (χ0) is 22.2. The number of rotatable bonds is 5. The van der Waals surface area contributed by atoms with E-state index in [1.807, 2.05) is 0 Å². The van der Waals surface area contributed by atoms with Crippen LogP contribution in [-0.2, 0) is 26.1 Å². The summed E-state index contributed by atoms with van der Waals surface area (Å²) in [6, 6.07) is 10.4. The van der Waals surface area contributed by atoms with E-state index in [-0.39, 0.29) is 35.9 Å². The molecule has 1 fully saturated rings. The molecule has 1 aliphatic rings. The van der Waals surface area contributed by atoms with E-state index in [2.05, 4.69) is 4.74 Å². The maximum atomic E-state index is 14.0. The Hall–Kier alpha value is -3.18. The average molecular weight is 449 g/mol. The molecule has 1 aromatic heterocycles. The molecule has 31 heavy (non-hydrogen) atoms. The first-order chi connectivity index (χ1) is 14.8. The smallest absolute Gasteiger partial charge is 0.420 e. The lowest BCUT2D eigenvalue weighted by atomic mass is 10.2. The molecular formula is C20H20FN3O6S. The third-order valence-electron chi connectivity index (χ3n) is 5.22. The van der Waals surface area contributed by atoms with Gasteiger partial charge >= 0.3 is 11.7 Å². The Morgan fingerprint density at radius 2 is 1.84 bits per heavy atom. The van der Waals surface area contributed by atoms with Crippen molar-refractivity contribution in [2.24, 2.45) is 0 Å². The van der Waals surface area contributed by atoms with Crippen LogP contribution in [-0.4, -0.2) is 56.5 Å². The van der Waals surface area contributed by atoms with Crippen LogP contribution in [0.1, 0.15) is 0 Å². The minimum absolute atomic E-state index is 0.0293. The lowest BCUT2D eigenvalue weighted by molar-refractivity contribution is -0.141. The van der Waals surface area contributed by atoms with Crippen molar-refractivity contribution in [3.63, 3.8) is 0 Å². The largest absolute Gasteiger partial charge is 0.468 e. The molecule has 0 bridgehead atoms. The third-order valence-corrected chi connectivity index (χ3v) is 7.12. The molecule has 11 heteroatoms. The number of anilines is 1. The van der Waals surface area contributed by atoms with E-state index in [9.17, 15) is 22.4 Å². The van der Waals surface area contributed by atoms with Gasteiger partial charge in [0.2, 0.25) is 10.0 Å². The molecule has 0 spiro atoms. The number of methoxy groups -OCH3 is 1. The molecule has 3 aromatic rings. The zero-order valence-electron chi connectivity index (χ0n) is 16.7. The molecule has 0 radical (unpaired) electrons. The number of esters is 1. The van der Waals surface area contributed by atoms with Gasteiger partial charge in [0.1, 0.15) is 12.4 Å². The van der Waals surface area contributed by atoms with E-state index >= 15 is 0 Å². The highest BCUT2D eigenvalue weighted by molar-refractivity contribution is 7.89. The maximum Gasteiger partial charge on any atom is 0.420 e. The van der Waals surface area contributed by atoms with Crippen molar-refractivity contribution in [1.29, 1.82) is 0 Å². The van der Waals surface area contributed by atoms with Crippen LogP contribution >= 0.6 is 0 Å². The highest BCUT2D eigenvalue weighted by Gasteiger charge is 2.30. The van der Waals surface area contributed by atoms with Gasteiger partial charge in [-0.05, 0) is 24.3 Å². The first-order valence-electron chi connectivity index (χ1n) is 9.51. The Morgan fingerprint density at radius 1 is 1.13 bits per heavy atom. The topological polar surface area (TPSA) is 102 Å². The number of halogens is 1. The van der Waals surface area contributed by atoms with Gasteiger partial charge in [0, 0.05) is 32.2 Å². The van der Waals surface area contributed by atoms with E-state index < -0.39 is 21.7 Å². The first kappa shape index (κ1) is 21.1. The number of para-hydroxylation sites is 1. The summed E-state index contributed by atoms with van der Waals surface area (Å²) in [5.74, 6) is -1.77. The van der Waals surface area contributed by atoms with Crippen molar-refractivity contribution in [2.45, 2.75) is 11.4 Å². The summed E-state index contributed by atoms with van der Waals surface area (Å²) >= 11 is 0. The van der Waals surface area contributed by atoms with Crippen molar-refractivity contribution < 1.29 is 26.8 Å². The van der Waals surface area contributed by atoms with Crippen molar-refractivity contribution >= 4 is 32.8 Å². The Labute approximate surface area is 177 Å². The molecule has 4 rings (SSSR count). The van der Waals surface area contributed by atoms with Gasteiger partial charge < -0.3 is 14.1 Å². The van der Waals surface area contributed by atoms with Gasteiger partial charge in [0.05, 0.1) is 23.2 Å². The van der Waals surface area contributed by atoms with Gasteiger partial charge in [-0.15, -0.1) is 0 Å². The number of ether oxygens (including phenoxy) is 1. The Balaban J connectivity index is 1.56. The van der Waals surface area contributed by atoms with Gasteiger partial charge in [-0.25, -0.2) is 17.6 Å². The molecule has 9 nitrogen and oxygen atoms in total. The lowest BCUT2D eigenvalue weighted by Gasteiger charge is -2.35. The second kappa shape index (κ2) is 8.16. The molecule has 1 aliphatic heterocycles. The van der Waals surface area contributed by atoms with Gasteiger partial charge in [-0.1, -0.05) is 12.1 Å². The summed E-state index contributed by atoms with van der Waals surface area (Å²) < 4.78 is 52.3.